The fraction of sp³-hybridized carbons (Fsp3) is 0.316. The number of hydrogen-bond donors (Lipinski definition) is 3. The molecule has 0 aromatic carbocycles. The first-order valence-corrected chi connectivity index (χ1v) is 8.97. The third-order valence-corrected chi connectivity index (χ3v) is 4.31. The van der Waals surface area contributed by atoms with Crippen molar-refractivity contribution in [3.05, 3.63) is 64.9 Å². The summed E-state index contributed by atoms with van der Waals surface area (Å²) in [7, 11) is 0. The van der Waals surface area contributed by atoms with Crippen LogP contribution in [0.1, 0.15) is 33.0 Å². The van der Waals surface area contributed by atoms with Crippen LogP contribution in [-0.2, 0) is 12.8 Å². The molecule has 0 aliphatic heterocycles. The van der Waals surface area contributed by atoms with Crippen LogP contribution in [0, 0.1) is 19.7 Å². The number of aromatic nitrogens is 5. The molecule has 3 heterocycles. The number of halogens is 1. The van der Waals surface area contributed by atoms with Gasteiger partial charge in [0.1, 0.15) is 11.6 Å². The Bertz CT molecular complexity index is 943. The maximum atomic E-state index is 13.2. The normalized spacial score (nSPS) is 10.7. The molecule has 0 saturated heterocycles. The Morgan fingerprint density at radius 3 is 2.68 bits per heavy atom. The van der Waals surface area contributed by atoms with Crippen LogP contribution in [0.15, 0.2) is 30.9 Å². The van der Waals surface area contributed by atoms with Crippen molar-refractivity contribution in [2.24, 2.45) is 0 Å². The first kappa shape index (κ1) is 19.4. The van der Waals surface area contributed by atoms with E-state index in [1.54, 1.807) is 12.4 Å². The van der Waals surface area contributed by atoms with Gasteiger partial charge in [-0.05, 0) is 43.9 Å². The van der Waals surface area contributed by atoms with Gasteiger partial charge in [-0.15, -0.1) is 0 Å². The van der Waals surface area contributed by atoms with E-state index in [-0.39, 0.29) is 11.7 Å². The number of aryl methyl sites for hydroxylation is 1. The number of carbonyl (C=O) groups excluding carboxylic acids is 1. The van der Waals surface area contributed by atoms with Crippen LogP contribution in [0.25, 0.3) is 0 Å². The molecule has 0 aliphatic carbocycles. The van der Waals surface area contributed by atoms with Crippen LogP contribution in [0.2, 0.25) is 0 Å². The lowest BCUT2D eigenvalue weighted by Crippen LogP contribution is -2.28. The first-order valence-electron chi connectivity index (χ1n) is 8.97. The van der Waals surface area contributed by atoms with E-state index in [1.165, 1.54) is 6.07 Å². The van der Waals surface area contributed by atoms with Gasteiger partial charge in [-0.2, -0.15) is 5.10 Å². The smallest absolute Gasteiger partial charge is 0.289 e. The summed E-state index contributed by atoms with van der Waals surface area (Å²) < 4.78 is 13.2. The van der Waals surface area contributed by atoms with Crippen LogP contribution in [-0.4, -0.2) is 44.1 Å². The SMILES string of the molecule is Cc1nc(C(=O)NCCc2cncc(F)c2)nc(NCCc2cn[nH]c2)c1C. The van der Waals surface area contributed by atoms with Crippen LogP contribution >= 0.6 is 0 Å². The van der Waals surface area contributed by atoms with Crippen LogP contribution in [0.4, 0.5) is 10.2 Å². The van der Waals surface area contributed by atoms with Gasteiger partial charge < -0.3 is 10.6 Å². The predicted octanol–water partition coefficient (Wildman–Crippen LogP) is 1.98. The highest BCUT2D eigenvalue weighted by molar-refractivity contribution is 5.90. The van der Waals surface area contributed by atoms with Gasteiger partial charge in [-0.3, -0.25) is 14.9 Å². The van der Waals surface area contributed by atoms with Crippen LogP contribution < -0.4 is 10.6 Å². The van der Waals surface area contributed by atoms with Crippen molar-refractivity contribution >= 4 is 11.7 Å². The predicted molar refractivity (Wildman–Crippen MR) is 103 cm³/mol. The molecule has 3 aromatic heterocycles. The molecule has 0 spiro atoms. The molecule has 9 heteroatoms. The second-order valence-corrected chi connectivity index (χ2v) is 6.41. The van der Waals surface area contributed by atoms with Crippen molar-refractivity contribution in [2.75, 3.05) is 18.4 Å². The van der Waals surface area contributed by atoms with Crippen molar-refractivity contribution < 1.29 is 9.18 Å². The second kappa shape index (κ2) is 9.03. The number of hydrogen-bond acceptors (Lipinski definition) is 6. The van der Waals surface area contributed by atoms with Crippen molar-refractivity contribution in [1.82, 2.24) is 30.5 Å². The Hall–Kier alpha value is -3.36. The molecule has 0 bridgehead atoms. The number of aromatic amines is 1. The molecule has 146 valence electrons. The van der Waals surface area contributed by atoms with E-state index in [0.29, 0.717) is 30.9 Å². The highest BCUT2D eigenvalue weighted by atomic mass is 19.1. The minimum absolute atomic E-state index is 0.103. The summed E-state index contributed by atoms with van der Waals surface area (Å²) in [5.74, 6) is -0.0282. The maximum Gasteiger partial charge on any atom is 0.289 e. The topological polar surface area (TPSA) is 108 Å². The summed E-state index contributed by atoms with van der Waals surface area (Å²) in [5.41, 5.74) is 3.43. The van der Waals surface area contributed by atoms with E-state index >= 15 is 0 Å². The molecule has 8 nitrogen and oxygen atoms in total. The average molecular weight is 383 g/mol. The second-order valence-electron chi connectivity index (χ2n) is 6.41. The molecule has 3 aromatic rings. The number of H-pyrrole nitrogens is 1. The van der Waals surface area contributed by atoms with Gasteiger partial charge in [-0.25, -0.2) is 14.4 Å². The molecule has 0 aliphatic rings. The van der Waals surface area contributed by atoms with Gasteiger partial charge in [-0.1, -0.05) is 0 Å². The molecule has 0 saturated carbocycles. The van der Waals surface area contributed by atoms with E-state index in [4.69, 9.17) is 0 Å². The maximum absolute atomic E-state index is 13.2. The van der Waals surface area contributed by atoms with Gasteiger partial charge in [0.25, 0.3) is 5.91 Å². The third-order valence-electron chi connectivity index (χ3n) is 4.31. The molecule has 0 radical (unpaired) electrons. The van der Waals surface area contributed by atoms with Crippen LogP contribution in [0.3, 0.4) is 0 Å². The number of rotatable bonds is 8. The lowest BCUT2D eigenvalue weighted by molar-refractivity contribution is 0.0943. The number of pyridine rings is 1. The summed E-state index contributed by atoms with van der Waals surface area (Å²) in [5, 5.41) is 12.7. The van der Waals surface area contributed by atoms with Crippen molar-refractivity contribution in [3.63, 3.8) is 0 Å². The molecule has 0 unspecified atom stereocenters. The molecule has 3 rings (SSSR count). The zero-order chi connectivity index (χ0) is 19.9. The molecule has 0 atom stereocenters. The minimum Gasteiger partial charge on any atom is -0.369 e. The Morgan fingerprint density at radius 2 is 1.93 bits per heavy atom. The Labute approximate surface area is 162 Å². The first-order chi connectivity index (χ1) is 13.5. The number of nitrogens with one attached hydrogen (secondary N) is 3. The quantitative estimate of drug-likeness (QED) is 0.549. The van der Waals surface area contributed by atoms with Gasteiger partial charge >= 0.3 is 0 Å². The van der Waals surface area contributed by atoms with Gasteiger partial charge in [0, 0.05) is 36.7 Å². The zero-order valence-electron chi connectivity index (χ0n) is 15.8. The van der Waals surface area contributed by atoms with Gasteiger partial charge in [0.15, 0.2) is 0 Å². The van der Waals surface area contributed by atoms with E-state index in [2.05, 4.69) is 35.8 Å². The molecular weight excluding hydrogens is 361 g/mol. The molecule has 28 heavy (non-hydrogen) atoms. The van der Waals surface area contributed by atoms with E-state index in [0.717, 1.165) is 29.4 Å². The van der Waals surface area contributed by atoms with Crippen LogP contribution in [0.5, 0.6) is 0 Å². The highest BCUT2D eigenvalue weighted by Crippen LogP contribution is 2.15. The van der Waals surface area contributed by atoms with Crippen molar-refractivity contribution in [2.45, 2.75) is 26.7 Å². The Morgan fingerprint density at radius 1 is 1.11 bits per heavy atom. The fourth-order valence-electron chi connectivity index (χ4n) is 2.63. The van der Waals surface area contributed by atoms with Gasteiger partial charge in [0.05, 0.1) is 12.4 Å². The Balaban J connectivity index is 1.59. The summed E-state index contributed by atoms with van der Waals surface area (Å²) >= 11 is 0. The van der Waals surface area contributed by atoms with Crippen molar-refractivity contribution in [1.29, 1.82) is 0 Å². The fourth-order valence-corrected chi connectivity index (χ4v) is 2.63. The number of carbonyl (C=O) groups is 1. The summed E-state index contributed by atoms with van der Waals surface area (Å²) in [4.78, 5) is 24.8. The lowest BCUT2D eigenvalue weighted by Gasteiger charge is -2.12. The Kier molecular flexibility index (Phi) is 6.25. The summed E-state index contributed by atoms with van der Waals surface area (Å²) in [6.45, 7) is 4.75. The van der Waals surface area contributed by atoms with Crippen molar-refractivity contribution in [3.8, 4) is 0 Å². The highest BCUT2D eigenvalue weighted by Gasteiger charge is 2.14. The monoisotopic (exact) mass is 383 g/mol. The largest absolute Gasteiger partial charge is 0.369 e. The third kappa shape index (κ3) is 5.09. The van der Waals surface area contributed by atoms with Gasteiger partial charge in [0.2, 0.25) is 5.82 Å². The zero-order valence-corrected chi connectivity index (χ0v) is 15.8. The van der Waals surface area contributed by atoms with E-state index in [9.17, 15) is 9.18 Å². The molecule has 3 N–H and O–H groups in total. The van der Waals surface area contributed by atoms with E-state index in [1.807, 2.05) is 20.0 Å². The molecular formula is C19H22FN7O. The molecule has 1 amide bonds. The number of amides is 1. The summed E-state index contributed by atoms with van der Waals surface area (Å²) in [6.07, 6.45) is 7.58. The summed E-state index contributed by atoms with van der Waals surface area (Å²) in [6, 6.07) is 1.40. The number of anilines is 1. The minimum atomic E-state index is -0.396. The number of nitrogens with zero attached hydrogens (tertiary/aromatic N) is 4. The molecule has 0 fully saturated rings. The van der Waals surface area contributed by atoms with E-state index < -0.39 is 5.82 Å². The standard InChI is InChI=1S/C19H22FN7O/c1-12-13(2)26-18(27-17(12)22-5-4-15-9-24-25-10-15)19(28)23-6-3-14-7-16(20)11-21-8-14/h7-11H,3-6H2,1-2H3,(H,23,28)(H,24,25)(H,22,26,27). The average Bonchev–Trinajstić information content (AvgIpc) is 3.18. The lowest BCUT2D eigenvalue weighted by atomic mass is 10.2.